The van der Waals surface area contributed by atoms with E-state index in [0.717, 1.165) is 5.46 Å². The summed E-state index contributed by atoms with van der Waals surface area (Å²) in [6.07, 6.45) is -0.780. The van der Waals surface area contributed by atoms with Crippen molar-refractivity contribution in [3.8, 4) is 0 Å². The first kappa shape index (κ1) is 17.9. The summed E-state index contributed by atoms with van der Waals surface area (Å²) in [6.45, 7) is 0. The summed E-state index contributed by atoms with van der Waals surface area (Å²) in [5.74, 6) is 0. The van der Waals surface area contributed by atoms with Crippen molar-refractivity contribution in [2.75, 3.05) is 14.1 Å². The van der Waals surface area contributed by atoms with Crippen LogP contribution in [-0.4, -0.2) is 57.2 Å². The van der Waals surface area contributed by atoms with E-state index in [1.165, 1.54) is 14.1 Å². The molecule has 0 aromatic heterocycles. The third-order valence-electron chi connectivity index (χ3n) is 1.63. The third kappa shape index (κ3) is 8.81. The largest absolute Gasteiger partial charge is 0.333 e. The zero-order valence-corrected chi connectivity index (χ0v) is 10.0. The van der Waals surface area contributed by atoms with Crippen molar-refractivity contribution in [2.45, 2.75) is 0 Å². The molecule has 0 aliphatic rings. The van der Waals surface area contributed by atoms with Gasteiger partial charge < -0.3 is 11.5 Å². The van der Waals surface area contributed by atoms with E-state index in [1.807, 2.05) is 37.5 Å². The SMILES string of the molecule is CN.CN.[B]B([B])B([B])[B]c1ccccc1. The highest BCUT2D eigenvalue weighted by Crippen LogP contribution is 1.83. The number of hydrogen-bond acceptors (Lipinski definition) is 2. The molecule has 1 rings (SSSR count). The first-order valence-corrected chi connectivity index (χ1v) is 5.02. The fourth-order valence-corrected chi connectivity index (χ4v) is 0.897. The predicted octanol–water partition coefficient (Wildman–Crippen LogP) is -2.27. The Hall–Kier alpha value is -0.470. The summed E-state index contributed by atoms with van der Waals surface area (Å²) in [4.78, 5) is 0. The van der Waals surface area contributed by atoms with Crippen molar-refractivity contribution in [2.24, 2.45) is 11.5 Å². The Morgan fingerprint density at radius 2 is 1.38 bits per heavy atom. The van der Waals surface area contributed by atoms with Crippen LogP contribution in [0.25, 0.3) is 0 Å². The van der Waals surface area contributed by atoms with Crippen LogP contribution >= 0.6 is 0 Å². The van der Waals surface area contributed by atoms with Crippen LogP contribution in [0.3, 0.4) is 0 Å². The molecule has 0 bridgehead atoms. The van der Waals surface area contributed by atoms with Gasteiger partial charge in [-0.05, 0) is 14.1 Å². The van der Waals surface area contributed by atoms with Crippen LogP contribution in [0.2, 0.25) is 0 Å². The van der Waals surface area contributed by atoms with Crippen LogP contribution in [0.15, 0.2) is 30.3 Å². The van der Waals surface area contributed by atoms with Gasteiger partial charge in [0.2, 0.25) is 0 Å². The van der Waals surface area contributed by atoms with E-state index < -0.39 is 6.39 Å². The average Bonchev–Trinajstić information content (AvgIpc) is 2.35. The van der Waals surface area contributed by atoms with Crippen molar-refractivity contribution < 1.29 is 0 Å². The molecule has 0 atom stereocenters. The summed E-state index contributed by atoms with van der Waals surface area (Å²) in [6, 6.07) is 9.76. The van der Waals surface area contributed by atoms with Crippen LogP contribution in [0, 0.1) is 0 Å². The standard InChI is InChI=1S/C6H5B6.2CH5N/c7-11(8)12(9)10-6-4-2-1-3-5-6;2*1-2/h1-5H;2*2H2,1H3. The Morgan fingerprint density at radius 1 is 0.938 bits per heavy atom. The summed E-state index contributed by atoms with van der Waals surface area (Å²) in [5, 5.41) is 0. The second kappa shape index (κ2) is 12.6. The van der Waals surface area contributed by atoms with E-state index in [1.54, 1.807) is 0 Å². The molecule has 75 valence electrons. The molecule has 0 aliphatic heterocycles. The fourth-order valence-electron chi connectivity index (χ4n) is 0.897. The van der Waals surface area contributed by atoms with Gasteiger partial charge in [-0.25, -0.2) is 0 Å². The lowest BCUT2D eigenvalue weighted by molar-refractivity contribution is 1.48. The number of hydrogen-bond donors (Lipinski definition) is 2. The van der Waals surface area contributed by atoms with E-state index in [0.29, 0.717) is 0 Å². The Bertz CT molecular complexity index is 233. The lowest BCUT2D eigenvalue weighted by Crippen LogP contribution is -2.47. The molecule has 8 heteroatoms. The smallest absolute Gasteiger partial charge is 0.0956 e. The molecule has 1 aromatic rings. The Morgan fingerprint density at radius 3 is 1.75 bits per heavy atom. The molecule has 0 spiro atoms. The molecular weight excluding hydrogens is 189 g/mol. The van der Waals surface area contributed by atoms with Gasteiger partial charge in [0.1, 0.15) is 0 Å². The van der Waals surface area contributed by atoms with Gasteiger partial charge in [0.15, 0.2) is 0 Å². The maximum Gasteiger partial charge on any atom is 0.0956 e. The lowest BCUT2D eigenvalue weighted by Gasteiger charge is -2.10. The van der Waals surface area contributed by atoms with Gasteiger partial charge in [0.25, 0.3) is 0 Å². The van der Waals surface area contributed by atoms with Crippen LogP contribution < -0.4 is 16.9 Å². The Balaban J connectivity index is 0. The number of rotatable bonds is 3. The molecule has 7 radical (unpaired) electrons. The van der Waals surface area contributed by atoms with Gasteiger partial charge in [-0.15, -0.1) is 0 Å². The van der Waals surface area contributed by atoms with Gasteiger partial charge in [-0.1, -0.05) is 35.8 Å². The summed E-state index contributed by atoms with van der Waals surface area (Å²) < 4.78 is 0. The average molecular weight is 204 g/mol. The van der Waals surface area contributed by atoms with Gasteiger partial charge in [0, 0.05) is 36.0 Å². The second-order valence-electron chi connectivity index (χ2n) is 2.73. The van der Waals surface area contributed by atoms with Gasteiger partial charge >= 0.3 is 0 Å². The van der Waals surface area contributed by atoms with Crippen LogP contribution in [-0.2, 0) is 0 Å². The molecule has 4 N–H and O–H groups in total. The zero-order valence-electron chi connectivity index (χ0n) is 10.0. The fraction of sp³-hybridized carbons (Fsp3) is 0.250. The minimum atomic E-state index is -0.495. The highest BCUT2D eigenvalue weighted by molar-refractivity contribution is 7.79. The molecule has 16 heavy (non-hydrogen) atoms. The monoisotopic (exact) mass is 205 g/mol. The normalized spacial score (nSPS) is 7.50. The molecule has 0 aliphatic carbocycles. The van der Waals surface area contributed by atoms with Crippen LogP contribution in [0.1, 0.15) is 0 Å². The first-order chi connectivity index (χ1) is 7.70. The molecule has 0 fully saturated rings. The van der Waals surface area contributed by atoms with Gasteiger partial charge in [0.05, 0.1) is 7.17 Å². The van der Waals surface area contributed by atoms with Gasteiger partial charge in [-0.2, -0.15) is 0 Å². The van der Waals surface area contributed by atoms with Crippen molar-refractivity contribution in [3.63, 3.8) is 0 Å². The van der Waals surface area contributed by atoms with E-state index in [4.69, 9.17) is 23.2 Å². The highest BCUT2D eigenvalue weighted by Gasteiger charge is 2.11. The molecule has 0 amide bonds. The van der Waals surface area contributed by atoms with Crippen molar-refractivity contribution >= 4 is 48.6 Å². The maximum atomic E-state index is 5.64. The predicted molar refractivity (Wildman–Crippen MR) is 80.8 cm³/mol. The Kier molecular flexibility index (Phi) is 14.1. The quantitative estimate of drug-likeness (QED) is 0.545. The third-order valence-corrected chi connectivity index (χ3v) is 1.63. The van der Waals surface area contributed by atoms with Crippen molar-refractivity contribution in [1.29, 1.82) is 0 Å². The topological polar surface area (TPSA) is 52.0 Å². The lowest BCUT2D eigenvalue weighted by atomic mass is 8.78. The second-order valence-corrected chi connectivity index (χ2v) is 2.73. The molecule has 0 saturated heterocycles. The highest BCUT2D eigenvalue weighted by atomic mass is 14.4. The number of nitrogens with two attached hydrogens (primary N) is 2. The van der Waals surface area contributed by atoms with Crippen LogP contribution in [0.5, 0.6) is 0 Å². The maximum absolute atomic E-state index is 5.64. The van der Waals surface area contributed by atoms with E-state index in [-0.39, 0.29) is 6.39 Å². The first-order valence-electron chi connectivity index (χ1n) is 5.02. The van der Waals surface area contributed by atoms with E-state index in [2.05, 4.69) is 11.5 Å². The molecule has 2 nitrogen and oxygen atoms in total. The summed E-state index contributed by atoms with van der Waals surface area (Å²) >= 11 is 0. The minimum absolute atomic E-state index is 0.285. The minimum Gasteiger partial charge on any atom is -0.333 e. The van der Waals surface area contributed by atoms with Crippen molar-refractivity contribution in [3.05, 3.63) is 30.3 Å². The molecule has 0 unspecified atom stereocenters. The van der Waals surface area contributed by atoms with Crippen LogP contribution in [0.4, 0.5) is 0 Å². The molecule has 0 heterocycles. The Labute approximate surface area is 105 Å². The zero-order chi connectivity index (χ0) is 13.0. The molecule has 0 saturated carbocycles. The van der Waals surface area contributed by atoms with Crippen molar-refractivity contribution in [1.82, 2.24) is 0 Å². The number of benzene rings is 1. The van der Waals surface area contributed by atoms with E-state index >= 15 is 0 Å². The summed E-state index contributed by atoms with van der Waals surface area (Å²) in [7, 11) is 21.3. The van der Waals surface area contributed by atoms with Gasteiger partial charge in [-0.3, -0.25) is 0 Å². The van der Waals surface area contributed by atoms with E-state index in [9.17, 15) is 0 Å². The molecule has 1 aromatic carbocycles. The molecular formula is C8H15B6N2. The summed E-state index contributed by atoms with van der Waals surface area (Å²) in [5.41, 5.74) is 10.0.